The minimum absolute atomic E-state index is 0.395. The maximum Gasteiger partial charge on any atom is 0.0928 e. The van der Waals surface area contributed by atoms with Gasteiger partial charge in [-0.15, -0.1) is 6.42 Å². The van der Waals surface area contributed by atoms with E-state index in [2.05, 4.69) is 21.3 Å². The molecule has 4 heteroatoms. The molecule has 0 aliphatic rings. The van der Waals surface area contributed by atoms with Crippen LogP contribution in [0.15, 0.2) is 30.7 Å². The second-order valence-electron chi connectivity index (χ2n) is 4.68. The third kappa shape index (κ3) is 2.51. The van der Waals surface area contributed by atoms with Crippen molar-refractivity contribution in [3.63, 3.8) is 0 Å². The molecule has 2 heterocycles. The molecule has 0 aliphatic heterocycles. The van der Waals surface area contributed by atoms with Crippen LogP contribution in [-0.4, -0.2) is 20.3 Å². The Balaban J connectivity index is 2.32. The molecule has 0 amide bonds. The lowest BCUT2D eigenvalue weighted by atomic mass is 10.1. The summed E-state index contributed by atoms with van der Waals surface area (Å²) in [5.41, 5.74) is 2.37. The Kier molecular flexibility index (Phi) is 3.07. The van der Waals surface area contributed by atoms with Gasteiger partial charge in [0.25, 0.3) is 0 Å². The number of anilines is 1. The third-order valence-corrected chi connectivity index (χ3v) is 2.62. The fraction of sp³-hybridized carbons (Fsp3) is 0.286. The number of pyridine rings is 1. The van der Waals surface area contributed by atoms with Crippen LogP contribution in [0.2, 0.25) is 0 Å². The van der Waals surface area contributed by atoms with Crippen LogP contribution in [-0.2, 0) is 0 Å². The van der Waals surface area contributed by atoms with E-state index in [0.29, 0.717) is 0 Å². The maximum absolute atomic E-state index is 5.47. The Bertz CT molecular complexity index is 576. The first-order valence-electron chi connectivity index (χ1n) is 5.74. The molecule has 0 bridgehead atoms. The van der Waals surface area contributed by atoms with Gasteiger partial charge < -0.3 is 5.32 Å². The van der Waals surface area contributed by atoms with E-state index in [0.717, 1.165) is 17.1 Å². The summed E-state index contributed by atoms with van der Waals surface area (Å²) in [6, 6.07) is 3.83. The van der Waals surface area contributed by atoms with Crippen LogP contribution < -0.4 is 5.32 Å². The van der Waals surface area contributed by atoms with E-state index in [4.69, 9.17) is 6.42 Å². The van der Waals surface area contributed by atoms with E-state index >= 15 is 0 Å². The summed E-state index contributed by atoms with van der Waals surface area (Å²) in [5.74, 6) is 2.71. The average Bonchev–Trinajstić information content (AvgIpc) is 2.72. The van der Waals surface area contributed by atoms with Crippen LogP contribution in [0.5, 0.6) is 0 Å². The Morgan fingerprint density at radius 2 is 2.22 bits per heavy atom. The number of nitrogens with one attached hydrogen (secondary N) is 1. The van der Waals surface area contributed by atoms with Gasteiger partial charge in [0.05, 0.1) is 35.0 Å². The van der Waals surface area contributed by atoms with Crippen molar-refractivity contribution in [2.24, 2.45) is 0 Å². The van der Waals surface area contributed by atoms with Gasteiger partial charge in [-0.05, 0) is 32.9 Å². The first kappa shape index (κ1) is 12.2. The molecule has 1 N–H and O–H groups in total. The number of hydrogen-bond donors (Lipinski definition) is 1. The van der Waals surface area contributed by atoms with Gasteiger partial charge in [-0.25, -0.2) is 4.68 Å². The maximum atomic E-state index is 5.47. The Hall–Kier alpha value is -2.28. The lowest BCUT2D eigenvalue weighted by molar-refractivity contribution is 0.740. The molecule has 18 heavy (non-hydrogen) atoms. The van der Waals surface area contributed by atoms with Crippen LogP contribution in [0.3, 0.4) is 0 Å². The van der Waals surface area contributed by atoms with Gasteiger partial charge in [-0.2, -0.15) is 5.10 Å². The molecule has 0 saturated heterocycles. The number of aryl methyl sites for hydroxylation is 1. The number of terminal acetylenes is 1. The highest BCUT2D eigenvalue weighted by atomic mass is 15.3. The quantitative estimate of drug-likeness (QED) is 0.838. The molecule has 0 fully saturated rings. The lowest BCUT2D eigenvalue weighted by Gasteiger charge is -2.20. The van der Waals surface area contributed by atoms with E-state index in [1.54, 1.807) is 17.1 Å². The van der Waals surface area contributed by atoms with E-state index < -0.39 is 5.54 Å². The summed E-state index contributed by atoms with van der Waals surface area (Å²) in [4.78, 5) is 4.08. The Morgan fingerprint density at radius 1 is 1.44 bits per heavy atom. The summed E-state index contributed by atoms with van der Waals surface area (Å²) in [7, 11) is 0. The molecule has 2 aromatic heterocycles. The molecular weight excluding hydrogens is 224 g/mol. The number of rotatable bonds is 3. The van der Waals surface area contributed by atoms with Gasteiger partial charge in [0.1, 0.15) is 0 Å². The molecule has 0 saturated carbocycles. The monoisotopic (exact) mass is 240 g/mol. The summed E-state index contributed by atoms with van der Waals surface area (Å²) < 4.78 is 1.79. The van der Waals surface area contributed by atoms with Crippen LogP contribution >= 0.6 is 0 Å². The zero-order valence-corrected chi connectivity index (χ0v) is 10.8. The molecule has 2 rings (SSSR count). The fourth-order valence-electron chi connectivity index (χ4n) is 1.58. The van der Waals surface area contributed by atoms with Crippen molar-refractivity contribution < 1.29 is 0 Å². The Labute approximate surface area is 107 Å². The zero-order chi connectivity index (χ0) is 13.2. The van der Waals surface area contributed by atoms with Gasteiger partial charge in [0, 0.05) is 6.20 Å². The molecule has 0 spiro atoms. The molecule has 0 radical (unpaired) electrons. The van der Waals surface area contributed by atoms with Gasteiger partial charge in [-0.1, -0.05) is 5.92 Å². The van der Waals surface area contributed by atoms with Crippen molar-refractivity contribution >= 4 is 5.69 Å². The second-order valence-corrected chi connectivity index (χ2v) is 4.68. The molecule has 4 nitrogen and oxygen atoms in total. The molecular formula is C14H16N4. The van der Waals surface area contributed by atoms with Crippen molar-refractivity contribution in [1.82, 2.24) is 14.8 Å². The Morgan fingerprint density at radius 3 is 2.83 bits per heavy atom. The molecule has 0 aromatic carbocycles. The lowest BCUT2D eigenvalue weighted by Crippen LogP contribution is -2.28. The molecule has 0 atom stereocenters. The van der Waals surface area contributed by atoms with E-state index in [9.17, 15) is 0 Å². The predicted octanol–water partition coefficient (Wildman–Crippen LogP) is 2.40. The van der Waals surface area contributed by atoms with Crippen LogP contribution in [0.4, 0.5) is 5.69 Å². The van der Waals surface area contributed by atoms with Crippen molar-refractivity contribution in [3.05, 3.63) is 36.4 Å². The van der Waals surface area contributed by atoms with E-state index in [1.807, 2.05) is 39.1 Å². The summed E-state index contributed by atoms with van der Waals surface area (Å²) in [6.45, 7) is 5.85. The van der Waals surface area contributed by atoms with Gasteiger partial charge in [0.2, 0.25) is 0 Å². The highest BCUT2D eigenvalue weighted by Crippen LogP contribution is 2.19. The van der Waals surface area contributed by atoms with Crippen molar-refractivity contribution in [3.8, 4) is 18.0 Å². The largest absolute Gasteiger partial charge is 0.367 e. The average molecular weight is 240 g/mol. The van der Waals surface area contributed by atoms with Crippen LogP contribution in [0.25, 0.3) is 5.69 Å². The topological polar surface area (TPSA) is 42.7 Å². The van der Waals surface area contributed by atoms with Crippen molar-refractivity contribution in [2.45, 2.75) is 26.3 Å². The molecule has 2 aromatic rings. The number of aromatic nitrogens is 3. The number of hydrogen-bond acceptors (Lipinski definition) is 3. The van der Waals surface area contributed by atoms with Crippen molar-refractivity contribution in [2.75, 3.05) is 5.32 Å². The second kappa shape index (κ2) is 4.53. The SMILES string of the molecule is C#CC(C)(C)Nc1cn(-c2cccnc2)nc1C. The van der Waals surface area contributed by atoms with Crippen LogP contribution in [0.1, 0.15) is 19.5 Å². The van der Waals surface area contributed by atoms with Gasteiger partial charge in [0.15, 0.2) is 0 Å². The minimum atomic E-state index is -0.395. The standard InChI is InChI=1S/C14H16N4/c1-5-14(3,4)16-13-10-18(17-11(13)2)12-7-6-8-15-9-12/h1,6-10,16H,2-4H3. The minimum Gasteiger partial charge on any atom is -0.367 e. The highest BCUT2D eigenvalue weighted by molar-refractivity contribution is 5.51. The molecule has 0 unspecified atom stereocenters. The molecule has 0 aliphatic carbocycles. The fourth-order valence-corrected chi connectivity index (χ4v) is 1.58. The first-order chi connectivity index (χ1) is 8.52. The van der Waals surface area contributed by atoms with Gasteiger partial charge in [-0.3, -0.25) is 4.98 Å². The van der Waals surface area contributed by atoms with Crippen LogP contribution in [0, 0.1) is 19.3 Å². The van der Waals surface area contributed by atoms with E-state index in [-0.39, 0.29) is 0 Å². The van der Waals surface area contributed by atoms with Crippen molar-refractivity contribution in [1.29, 1.82) is 0 Å². The summed E-state index contributed by atoms with van der Waals surface area (Å²) in [6.07, 6.45) is 10.9. The predicted molar refractivity (Wildman–Crippen MR) is 72.6 cm³/mol. The smallest absolute Gasteiger partial charge is 0.0928 e. The first-order valence-corrected chi connectivity index (χ1v) is 5.74. The van der Waals surface area contributed by atoms with Gasteiger partial charge >= 0.3 is 0 Å². The number of nitrogens with zero attached hydrogens (tertiary/aromatic N) is 3. The summed E-state index contributed by atoms with van der Waals surface area (Å²) in [5, 5.41) is 7.73. The summed E-state index contributed by atoms with van der Waals surface area (Å²) >= 11 is 0. The third-order valence-electron chi connectivity index (χ3n) is 2.62. The normalized spacial score (nSPS) is 11.0. The highest BCUT2D eigenvalue weighted by Gasteiger charge is 2.16. The molecule has 92 valence electrons. The van der Waals surface area contributed by atoms with E-state index in [1.165, 1.54) is 0 Å². The zero-order valence-electron chi connectivity index (χ0n) is 10.8.